The smallest absolute Gasteiger partial charge is 0.142 e. The van der Waals surface area contributed by atoms with E-state index < -0.39 is 11.9 Å². The number of morpholine rings is 1. The maximum atomic E-state index is 13.9. The molecule has 1 saturated heterocycles. The molecule has 1 aromatic carbocycles. The molecular weight excluding hydrogens is 232 g/mol. The van der Waals surface area contributed by atoms with Gasteiger partial charge in [0, 0.05) is 23.5 Å². The van der Waals surface area contributed by atoms with Gasteiger partial charge in [-0.3, -0.25) is 0 Å². The quantitative estimate of drug-likeness (QED) is 0.808. The molecular formula is C11H13F2NOS. The minimum absolute atomic E-state index is 0.302. The van der Waals surface area contributed by atoms with Crippen LogP contribution >= 0.6 is 11.8 Å². The van der Waals surface area contributed by atoms with Gasteiger partial charge in [0.1, 0.15) is 11.6 Å². The van der Waals surface area contributed by atoms with Crippen molar-refractivity contribution < 1.29 is 13.5 Å². The van der Waals surface area contributed by atoms with Crippen LogP contribution in [0.5, 0.6) is 0 Å². The predicted molar refractivity (Wildman–Crippen MR) is 59.7 cm³/mol. The van der Waals surface area contributed by atoms with Gasteiger partial charge in [0.2, 0.25) is 0 Å². The molecule has 0 aliphatic carbocycles. The molecule has 0 radical (unpaired) electrons. The van der Waals surface area contributed by atoms with Crippen LogP contribution in [0.1, 0.15) is 11.7 Å². The summed E-state index contributed by atoms with van der Waals surface area (Å²) >= 11 is 1.20. The summed E-state index contributed by atoms with van der Waals surface area (Å²) in [7, 11) is 0. The second kappa shape index (κ2) is 5.12. The molecule has 1 aromatic rings. The first-order valence-electron chi connectivity index (χ1n) is 5.07. The lowest BCUT2D eigenvalue weighted by atomic mass is 10.1. The van der Waals surface area contributed by atoms with Gasteiger partial charge in [-0.2, -0.15) is 0 Å². The molecule has 0 spiro atoms. The van der Waals surface area contributed by atoms with E-state index in [9.17, 15) is 8.78 Å². The minimum atomic E-state index is -0.421. The summed E-state index contributed by atoms with van der Waals surface area (Å²) in [5, 5.41) is 3.10. The Morgan fingerprint density at radius 3 is 2.88 bits per heavy atom. The van der Waals surface area contributed by atoms with Crippen LogP contribution in [0, 0.1) is 11.6 Å². The zero-order valence-electron chi connectivity index (χ0n) is 8.93. The highest BCUT2D eigenvalue weighted by Crippen LogP contribution is 2.29. The van der Waals surface area contributed by atoms with Crippen molar-refractivity contribution in [3.05, 3.63) is 29.3 Å². The van der Waals surface area contributed by atoms with Gasteiger partial charge in [-0.05, 0) is 18.4 Å². The summed E-state index contributed by atoms with van der Waals surface area (Å²) < 4.78 is 32.7. The van der Waals surface area contributed by atoms with E-state index in [1.807, 2.05) is 0 Å². The first-order valence-corrected chi connectivity index (χ1v) is 6.30. The van der Waals surface area contributed by atoms with E-state index in [0.29, 0.717) is 23.6 Å². The van der Waals surface area contributed by atoms with Crippen molar-refractivity contribution in [3.63, 3.8) is 0 Å². The summed E-state index contributed by atoms with van der Waals surface area (Å²) in [6.07, 6.45) is 1.33. The Labute approximate surface area is 97.4 Å². The second-order valence-electron chi connectivity index (χ2n) is 3.57. The second-order valence-corrected chi connectivity index (χ2v) is 4.42. The van der Waals surface area contributed by atoms with Crippen LogP contribution < -0.4 is 5.32 Å². The van der Waals surface area contributed by atoms with Gasteiger partial charge in [-0.15, -0.1) is 11.8 Å². The molecule has 2 rings (SSSR count). The van der Waals surface area contributed by atoms with E-state index in [4.69, 9.17) is 4.74 Å². The third kappa shape index (κ3) is 2.36. The van der Waals surface area contributed by atoms with Crippen molar-refractivity contribution in [2.75, 3.05) is 26.0 Å². The van der Waals surface area contributed by atoms with Gasteiger partial charge in [-0.25, -0.2) is 8.78 Å². The number of rotatable bonds is 2. The zero-order chi connectivity index (χ0) is 11.5. The lowest BCUT2D eigenvalue weighted by Crippen LogP contribution is -2.33. The van der Waals surface area contributed by atoms with Gasteiger partial charge in [-0.1, -0.05) is 0 Å². The molecule has 1 fully saturated rings. The van der Waals surface area contributed by atoms with Gasteiger partial charge in [0.15, 0.2) is 0 Å². The molecule has 5 heteroatoms. The van der Waals surface area contributed by atoms with Crippen LogP contribution in [0.25, 0.3) is 0 Å². The highest BCUT2D eigenvalue weighted by Gasteiger charge is 2.22. The highest BCUT2D eigenvalue weighted by atomic mass is 32.2. The summed E-state index contributed by atoms with van der Waals surface area (Å²) in [6.45, 7) is 1.80. The average Bonchev–Trinajstić information content (AvgIpc) is 2.33. The Balaban J connectivity index is 2.34. The summed E-state index contributed by atoms with van der Waals surface area (Å²) in [6, 6.07) is 2.42. The Kier molecular flexibility index (Phi) is 3.78. The topological polar surface area (TPSA) is 21.3 Å². The lowest BCUT2D eigenvalue weighted by Gasteiger charge is -2.24. The zero-order valence-corrected chi connectivity index (χ0v) is 9.74. The predicted octanol–water partition coefficient (Wildman–Crippen LogP) is 2.35. The molecule has 1 unspecified atom stereocenters. The molecule has 2 nitrogen and oxygen atoms in total. The van der Waals surface area contributed by atoms with Crippen molar-refractivity contribution in [2.24, 2.45) is 0 Å². The molecule has 88 valence electrons. The van der Waals surface area contributed by atoms with Gasteiger partial charge >= 0.3 is 0 Å². The fraction of sp³-hybridized carbons (Fsp3) is 0.455. The molecule has 1 aliphatic heterocycles. The Morgan fingerprint density at radius 2 is 2.25 bits per heavy atom. The van der Waals surface area contributed by atoms with Crippen molar-refractivity contribution in [1.82, 2.24) is 5.32 Å². The number of nitrogens with one attached hydrogen (secondary N) is 1. The Hall–Kier alpha value is -0.650. The van der Waals surface area contributed by atoms with Crippen LogP contribution in [-0.2, 0) is 4.74 Å². The molecule has 1 aliphatic rings. The normalized spacial score (nSPS) is 21.1. The number of thioether (sulfide) groups is 1. The van der Waals surface area contributed by atoms with E-state index in [1.54, 1.807) is 6.26 Å². The number of ether oxygens (including phenoxy) is 1. The van der Waals surface area contributed by atoms with E-state index in [1.165, 1.54) is 23.9 Å². The van der Waals surface area contributed by atoms with Crippen LogP contribution in [0.4, 0.5) is 8.78 Å². The maximum Gasteiger partial charge on any atom is 0.142 e. The van der Waals surface area contributed by atoms with Crippen molar-refractivity contribution in [1.29, 1.82) is 0 Å². The standard InChI is InChI=1S/C11H13F2NOS/c1-16-10-5-7(12)4-8(11(10)13)9-6-14-2-3-15-9/h4-5,9,14H,2-3,6H2,1H3. The van der Waals surface area contributed by atoms with E-state index in [-0.39, 0.29) is 5.82 Å². The van der Waals surface area contributed by atoms with Crippen LogP contribution in [-0.4, -0.2) is 26.0 Å². The molecule has 1 heterocycles. The van der Waals surface area contributed by atoms with E-state index in [0.717, 1.165) is 6.54 Å². The number of halogens is 2. The molecule has 0 saturated carbocycles. The number of benzene rings is 1. The van der Waals surface area contributed by atoms with Crippen LogP contribution in [0.3, 0.4) is 0 Å². The van der Waals surface area contributed by atoms with Crippen LogP contribution in [0.2, 0.25) is 0 Å². The fourth-order valence-electron chi connectivity index (χ4n) is 1.73. The fourth-order valence-corrected chi connectivity index (χ4v) is 2.26. The van der Waals surface area contributed by atoms with Gasteiger partial charge in [0.05, 0.1) is 12.7 Å². The first kappa shape index (κ1) is 11.8. The van der Waals surface area contributed by atoms with Gasteiger partial charge in [0.25, 0.3) is 0 Å². The molecule has 16 heavy (non-hydrogen) atoms. The third-order valence-electron chi connectivity index (χ3n) is 2.53. The van der Waals surface area contributed by atoms with E-state index >= 15 is 0 Å². The summed E-state index contributed by atoms with van der Waals surface area (Å²) in [5.74, 6) is -0.794. The monoisotopic (exact) mass is 245 g/mol. The molecule has 0 aromatic heterocycles. The Morgan fingerprint density at radius 1 is 1.44 bits per heavy atom. The third-order valence-corrected chi connectivity index (χ3v) is 3.26. The highest BCUT2D eigenvalue weighted by molar-refractivity contribution is 7.98. The largest absolute Gasteiger partial charge is 0.371 e. The van der Waals surface area contributed by atoms with Crippen molar-refractivity contribution in [3.8, 4) is 0 Å². The molecule has 1 atom stereocenters. The lowest BCUT2D eigenvalue weighted by molar-refractivity contribution is 0.0250. The summed E-state index contributed by atoms with van der Waals surface area (Å²) in [4.78, 5) is 0.323. The minimum Gasteiger partial charge on any atom is -0.371 e. The van der Waals surface area contributed by atoms with Crippen LogP contribution in [0.15, 0.2) is 17.0 Å². The van der Waals surface area contributed by atoms with Gasteiger partial charge < -0.3 is 10.1 Å². The number of hydrogen-bond donors (Lipinski definition) is 1. The van der Waals surface area contributed by atoms with E-state index in [2.05, 4.69) is 5.32 Å². The van der Waals surface area contributed by atoms with Crippen molar-refractivity contribution >= 4 is 11.8 Å². The average molecular weight is 245 g/mol. The van der Waals surface area contributed by atoms with Crippen molar-refractivity contribution in [2.45, 2.75) is 11.0 Å². The first-order chi connectivity index (χ1) is 7.72. The molecule has 0 bridgehead atoms. The Bertz CT molecular complexity index is 380. The molecule has 0 amide bonds. The maximum absolute atomic E-state index is 13.9. The SMILES string of the molecule is CSc1cc(F)cc(C2CNCCO2)c1F. The molecule has 1 N–H and O–H groups in total. The number of hydrogen-bond acceptors (Lipinski definition) is 3. The summed E-state index contributed by atoms with van der Waals surface area (Å²) in [5.41, 5.74) is 0.302.